The van der Waals surface area contributed by atoms with Crippen LogP contribution in [0, 0.1) is 0 Å². The van der Waals surface area contributed by atoms with Crippen molar-refractivity contribution in [3.63, 3.8) is 0 Å². The lowest BCUT2D eigenvalue weighted by Gasteiger charge is -2.13. The Balaban J connectivity index is 2.02. The van der Waals surface area contributed by atoms with Crippen molar-refractivity contribution in [1.29, 1.82) is 0 Å². The Hall–Kier alpha value is -1.76. The lowest BCUT2D eigenvalue weighted by atomic mass is 10.1. The Morgan fingerprint density at radius 3 is 2.89 bits per heavy atom. The molecule has 1 amide bonds. The number of benzene rings is 1. The molecule has 6 nitrogen and oxygen atoms in total. The Labute approximate surface area is 118 Å². The number of fused-ring (bicyclic) bond motifs is 1. The Morgan fingerprint density at radius 2 is 2.16 bits per heavy atom. The SMILES string of the molecule is NC1=NC(c2cc(Br)c3c(c2)OCCCO3)C(=O)N1. The van der Waals surface area contributed by atoms with Crippen LogP contribution in [-0.4, -0.2) is 25.1 Å². The van der Waals surface area contributed by atoms with Crippen molar-refractivity contribution >= 4 is 27.8 Å². The van der Waals surface area contributed by atoms with E-state index in [1.54, 1.807) is 12.1 Å². The normalized spacial score (nSPS) is 21.6. The van der Waals surface area contributed by atoms with Crippen molar-refractivity contribution in [1.82, 2.24) is 5.32 Å². The van der Waals surface area contributed by atoms with Crippen molar-refractivity contribution in [2.45, 2.75) is 12.5 Å². The van der Waals surface area contributed by atoms with Crippen LogP contribution in [0.4, 0.5) is 0 Å². The number of nitrogens with zero attached hydrogens (tertiary/aromatic N) is 1. The summed E-state index contributed by atoms with van der Waals surface area (Å²) in [6, 6.07) is 2.95. The van der Waals surface area contributed by atoms with Crippen LogP contribution < -0.4 is 20.5 Å². The molecule has 0 aromatic heterocycles. The van der Waals surface area contributed by atoms with Crippen LogP contribution in [0.1, 0.15) is 18.0 Å². The lowest BCUT2D eigenvalue weighted by molar-refractivity contribution is -0.120. The van der Waals surface area contributed by atoms with Gasteiger partial charge in [-0.05, 0) is 33.6 Å². The first-order valence-electron chi connectivity index (χ1n) is 5.88. The molecule has 2 aliphatic heterocycles. The average Bonchev–Trinajstić information content (AvgIpc) is 2.59. The van der Waals surface area contributed by atoms with Gasteiger partial charge in [-0.3, -0.25) is 10.1 Å². The summed E-state index contributed by atoms with van der Waals surface area (Å²) in [5.74, 6) is 1.18. The fraction of sp³-hybridized carbons (Fsp3) is 0.333. The van der Waals surface area contributed by atoms with Crippen molar-refractivity contribution in [3.8, 4) is 11.5 Å². The fourth-order valence-corrected chi connectivity index (χ4v) is 2.63. The van der Waals surface area contributed by atoms with Crippen molar-refractivity contribution in [2.75, 3.05) is 13.2 Å². The zero-order chi connectivity index (χ0) is 13.4. The first kappa shape index (κ1) is 12.3. The van der Waals surface area contributed by atoms with Crippen LogP contribution in [-0.2, 0) is 4.79 Å². The molecule has 100 valence electrons. The lowest BCUT2D eigenvalue weighted by Crippen LogP contribution is -2.31. The fourth-order valence-electron chi connectivity index (χ4n) is 2.06. The number of amides is 1. The number of rotatable bonds is 1. The summed E-state index contributed by atoms with van der Waals surface area (Å²) in [6.45, 7) is 1.20. The predicted molar refractivity (Wildman–Crippen MR) is 72.3 cm³/mol. The summed E-state index contributed by atoms with van der Waals surface area (Å²) in [6.07, 6.45) is 0.825. The average molecular weight is 326 g/mol. The molecule has 1 unspecified atom stereocenters. The first-order chi connectivity index (χ1) is 9.15. The zero-order valence-corrected chi connectivity index (χ0v) is 11.6. The van der Waals surface area contributed by atoms with Gasteiger partial charge >= 0.3 is 0 Å². The summed E-state index contributed by atoms with van der Waals surface area (Å²) in [5.41, 5.74) is 6.22. The molecule has 0 saturated carbocycles. The molecule has 0 fully saturated rings. The Morgan fingerprint density at radius 1 is 1.37 bits per heavy atom. The molecule has 19 heavy (non-hydrogen) atoms. The molecule has 1 aromatic rings. The van der Waals surface area contributed by atoms with E-state index < -0.39 is 6.04 Å². The van der Waals surface area contributed by atoms with E-state index in [0.29, 0.717) is 30.3 Å². The molecule has 0 spiro atoms. The minimum atomic E-state index is -0.631. The first-order valence-corrected chi connectivity index (χ1v) is 6.67. The number of halogens is 1. The third-order valence-electron chi connectivity index (χ3n) is 2.91. The van der Waals surface area contributed by atoms with Gasteiger partial charge in [-0.2, -0.15) is 0 Å². The highest BCUT2D eigenvalue weighted by atomic mass is 79.9. The quantitative estimate of drug-likeness (QED) is 0.809. The Kier molecular flexibility index (Phi) is 3.06. The van der Waals surface area contributed by atoms with E-state index in [-0.39, 0.29) is 11.9 Å². The number of ether oxygens (including phenoxy) is 2. The summed E-state index contributed by atoms with van der Waals surface area (Å²) in [4.78, 5) is 15.8. The molecule has 0 aliphatic carbocycles. The van der Waals surface area contributed by atoms with E-state index >= 15 is 0 Å². The molecular formula is C12H12BrN3O3. The smallest absolute Gasteiger partial charge is 0.256 e. The molecule has 2 heterocycles. The number of hydrogen-bond donors (Lipinski definition) is 2. The summed E-state index contributed by atoms with van der Waals surface area (Å²) >= 11 is 3.43. The number of carbonyl (C=O) groups excluding carboxylic acids is 1. The number of nitrogens with two attached hydrogens (primary N) is 1. The summed E-state index contributed by atoms with van der Waals surface area (Å²) in [5, 5.41) is 2.48. The van der Waals surface area contributed by atoms with Gasteiger partial charge in [0.25, 0.3) is 5.91 Å². The summed E-state index contributed by atoms with van der Waals surface area (Å²) in [7, 11) is 0. The molecule has 2 aliphatic rings. The van der Waals surface area contributed by atoms with E-state index in [9.17, 15) is 4.79 Å². The molecule has 7 heteroatoms. The maximum atomic E-state index is 11.7. The minimum Gasteiger partial charge on any atom is -0.490 e. The van der Waals surface area contributed by atoms with Gasteiger partial charge in [0.1, 0.15) is 0 Å². The van der Waals surface area contributed by atoms with Crippen LogP contribution in [0.3, 0.4) is 0 Å². The highest BCUT2D eigenvalue weighted by Crippen LogP contribution is 2.40. The van der Waals surface area contributed by atoms with E-state index in [1.165, 1.54) is 0 Å². The molecular weight excluding hydrogens is 314 g/mol. The highest BCUT2D eigenvalue weighted by Gasteiger charge is 2.28. The zero-order valence-electron chi connectivity index (χ0n) is 9.98. The second-order valence-electron chi connectivity index (χ2n) is 4.29. The maximum absolute atomic E-state index is 11.7. The van der Waals surface area contributed by atoms with Gasteiger partial charge in [-0.15, -0.1) is 0 Å². The number of nitrogens with one attached hydrogen (secondary N) is 1. The monoisotopic (exact) mass is 325 g/mol. The van der Waals surface area contributed by atoms with Crippen molar-refractivity contribution in [3.05, 3.63) is 22.2 Å². The Bertz CT molecular complexity index is 574. The van der Waals surface area contributed by atoms with Gasteiger partial charge in [0.2, 0.25) is 0 Å². The van der Waals surface area contributed by atoms with Gasteiger partial charge < -0.3 is 15.2 Å². The molecule has 3 N–H and O–H groups in total. The third kappa shape index (κ3) is 2.25. The highest BCUT2D eigenvalue weighted by molar-refractivity contribution is 9.10. The molecule has 3 rings (SSSR count). The standard InChI is InChI=1S/C12H12BrN3O3/c13-7-4-6(9-11(17)16-12(14)15-9)5-8-10(7)19-3-1-2-18-8/h4-5,9H,1-3H2,(H3,14,15,16,17). The number of guanidine groups is 1. The topological polar surface area (TPSA) is 85.9 Å². The van der Waals surface area contributed by atoms with Crippen LogP contribution in [0.5, 0.6) is 11.5 Å². The minimum absolute atomic E-state index is 0.137. The van der Waals surface area contributed by atoms with E-state index in [2.05, 4.69) is 26.2 Å². The van der Waals surface area contributed by atoms with Gasteiger partial charge in [0, 0.05) is 6.42 Å². The van der Waals surface area contributed by atoms with E-state index in [4.69, 9.17) is 15.2 Å². The van der Waals surface area contributed by atoms with E-state index in [0.717, 1.165) is 10.9 Å². The van der Waals surface area contributed by atoms with Gasteiger partial charge in [-0.25, -0.2) is 4.99 Å². The molecule has 0 saturated heterocycles. The maximum Gasteiger partial charge on any atom is 0.256 e. The van der Waals surface area contributed by atoms with Crippen LogP contribution >= 0.6 is 15.9 Å². The van der Waals surface area contributed by atoms with Gasteiger partial charge in [0.15, 0.2) is 23.5 Å². The van der Waals surface area contributed by atoms with Gasteiger partial charge in [0.05, 0.1) is 17.7 Å². The number of aliphatic imine (C=N–C) groups is 1. The van der Waals surface area contributed by atoms with Crippen LogP contribution in [0.2, 0.25) is 0 Å². The van der Waals surface area contributed by atoms with Crippen molar-refractivity contribution < 1.29 is 14.3 Å². The predicted octanol–water partition coefficient (Wildman–Crippen LogP) is 1.10. The largest absolute Gasteiger partial charge is 0.490 e. The van der Waals surface area contributed by atoms with Crippen molar-refractivity contribution in [2.24, 2.45) is 10.7 Å². The summed E-state index contributed by atoms with van der Waals surface area (Å²) < 4.78 is 12.0. The molecule has 0 radical (unpaired) electrons. The van der Waals surface area contributed by atoms with Gasteiger partial charge in [-0.1, -0.05) is 0 Å². The number of hydrogen-bond acceptors (Lipinski definition) is 5. The number of carbonyl (C=O) groups is 1. The van der Waals surface area contributed by atoms with Crippen LogP contribution in [0.25, 0.3) is 0 Å². The van der Waals surface area contributed by atoms with Crippen LogP contribution in [0.15, 0.2) is 21.6 Å². The third-order valence-corrected chi connectivity index (χ3v) is 3.50. The molecule has 1 aromatic carbocycles. The molecule has 1 atom stereocenters. The second-order valence-corrected chi connectivity index (χ2v) is 5.14. The van der Waals surface area contributed by atoms with E-state index in [1.807, 2.05) is 0 Å². The molecule has 0 bridgehead atoms. The second kappa shape index (κ2) is 4.73.